The first-order valence-corrected chi connectivity index (χ1v) is 7.81. The molecular formula is C17H27N3O. The molecule has 0 bridgehead atoms. The summed E-state index contributed by atoms with van der Waals surface area (Å²) < 4.78 is 7.90. The van der Waals surface area contributed by atoms with E-state index < -0.39 is 0 Å². The molecule has 116 valence electrons. The molecule has 0 saturated heterocycles. The van der Waals surface area contributed by atoms with E-state index in [1.165, 1.54) is 16.8 Å². The number of hydrogen-bond acceptors (Lipinski definition) is 3. The van der Waals surface area contributed by atoms with Crippen molar-refractivity contribution >= 4 is 0 Å². The lowest BCUT2D eigenvalue weighted by Crippen LogP contribution is -2.25. The predicted octanol–water partition coefficient (Wildman–Crippen LogP) is 3.62. The molecule has 1 N–H and O–H groups in total. The van der Waals surface area contributed by atoms with Crippen LogP contribution in [0.15, 0.2) is 10.5 Å². The fourth-order valence-corrected chi connectivity index (χ4v) is 3.09. The average molecular weight is 289 g/mol. The molecule has 4 nitrogen and oxygen atoms in total. The third-order valence-corrected chi connectivity index (χ3v) is 4.11. The molecule has 0 amide bonds. The van der Waals surface area contributed by atoms with Crippen LogP contribution in [0.1, 0.15) is 53.9 Å². The summed E-state index contributed by atoms with van der Waals surface area (Å²) in [7, 11) is 0. The molecule has 0 aliphatic carbocycles. The molecule has 2 aromatic heterocycles. The van der Waals surface area contributed by atoms with Gasteiger partial charge in [0.1, 0.15) is 11.5 Å². The fourth-order valence-electron chi connectivity index (χ4n) is 3.09. The van der Waals surface area contributed by atoms with Gasteiger partial charge in [0.15, 0.2) is 0 Å². The Morgan fingerprint density at radius 2 is 1.90 bits per heavy atom. The summed E-state index contributed by atoms with van der Waals surface area (Å²) in [6, 6.07) is 2.46. The van der Waals surface area contributed by atoms with Gasteiger partial charge in [-0.05, 0) is 52.8 Å². The molecular weight excluding hydrogens is 262 g/mol. The van der Waals surface area contributed by atoms with Crippen LogP contribution < -0.4 is 5.32 Å². The maximum absolute atomic E-state index is 5.81. The van der Waals surface area contributed by atoms with E-state index in [0.29, 0.717) is 0 Å². The Morgan fingerprint density at radius 1 is 1.19 bits per heavy atom. The SMILES string of the molecule is CCNC(Cc1cc(C)nn1CC)c1c(C)oc(C)c1C. The highest BCUT2D eigenvalue weighted by molar-refractivity contribution is 5.35. The lowest BCUT2D eigenvalue weighted by molar-refractivity contribution is 0.477. The summed E-state index contributed by atoms with van der Waals surface area (Å²) in [6.45, 7) is 14.4. The van der Waals surface area contributed by atoms with E-state index in [1.54, 1.807) is 0 Å². The third-order valence-electron chi connectivity index (χ3n) is 4.11. The molecule has 0 saturated carbocycles. The van der Waals surface area contributed by atoms with Crippen LogP contribution in [0.5, 0.6) is 0 Å². The van der Waals surface area contributed by atoms with E-state index >= 15 is 0 Å². The maximum atomic E-state index is 5.81. The van der Waals surface area contributed by atoms with E-state index in [2.05, 4.69) is 55.8 Å². The second-order valence-electron chi connectivity index (χ2n) is 5.66. The molecule has 0 aromatic carbocycles. The second-order valence-corrected chi connectivity index (χ2v) is 5.66. The highest BCUT2D eigenvalue weighted by Crippen LogP contribution is 2.29. The van der Waals surface area contributed by atoms with Crippen LogP contribution in [0, 0.1) is 27.7 Å². The van der Waals surface area contributed by atoms with Gasteiger partial charge in [0.05, 0.1) is 5.69 Å². The molecule has 4 heteroatoms. The van der Waals surface area contributed by atoms with E-state index in [0.717, 1.165) is 36.7 Å². The van der Waals surface area contributed by atoms with Gasteiger partial charge in [-0.2, -0.15) is 5.10 Å². The van der Waals surface area contributed by atoms with Crippen molar-refractivity contribution in [2.24, 2.45) is 0 Å². The van der Waals surface area contributed by atoms with Gasteiger partial charge in [-0.1, -0.05) is 6.92 Å². The topological polar surface area (TPSA) is 43.0 Å². The van der Waals surface area contributed by atoms with Crippen molar-refractivity contribution in [2.45, 2.75) is 60.5 Å². The second kappa shape index (κ2) is 6.48. The number of hydrogen-bond donors (Lipinski definition) is 1. The molecule has 0 aliphatic heterocycles. The van der Waals surface area contributed by atoms with Crippen molar-refractivity contribution in [1.29, 1.82) is 0 Å². The van der Waals surface area contributed by atoms with Crippen LogP contribution in [0.25, 0.3) is 0 Å². The van der Waals surface area contributed by atoms with Crippen molar-refractivity contribution < 1.29 is 4.42 Å². The van der Waals surface area contributed by atoms with Crippen molar-refractivity contribution in [3.63, 3.8) is 0 Å². The zero-order valence-electron chi connectivity index (χ0n) is 14.1. The van der Waals surface area contributed by atoms with E-state index in [1.807, 2.05) is 6.92 Å². The number of aryl methyl sites for hydroxylation is 4. The van der Waals surface area contributed by atoms with Gasteiger partial charge in [-0.3, -0.25) is 4.68 Å². The summed E-state index contributed by atoms with van der Waals surface area (Å²) in [6.07, 6.45) is 0.934. The van der Waals surface area contributed by atoms with Crippen molar-refractivity contribution in [2.75, 3.05) is 6.54 Å². The van der Waals surface area contributed by atoms with E-state index in [4.69, 9.17) is 4.42 Å². The lowest BCUT2D eigenvalue weighted by atomic mass is 9.97. The van der Waals surface area contributed by atoms with Crippen LogP contribution in [0.2, 0.25) is 0 Å². The predicted molar refractivity (Wildman–Crippen MR) is 85.7 cm³/mol. The third kappa shape index (κ3) is 3.21. The highest BCUT2D eigenvalue weighted by Gasteiger charge is 2.22. The Balaban J connectivity index is 2.35. The minimum absolute atomic E-state index is 0.272. The van der Waals surface area contributed by atoms with E-state index in [9.17, 15) is 0 Å². The Bertz CT molecular complexity index is 610. The molecule has 0 fully saturated rings. The summed E-state index contributed by atoms with van der Waals surface area (Å²) in [4.78, 5) is 0. The quantitative estimate of drug-likeness (QED) is 0.883. The highest BCUT2D eigenvalue weighted by atomic mass is 16.3. The maximum Gasteiger partial charge on any atom is 0.106 e. The average Bonchev–Trinajstić information content (AvgIpc) is 2.90. The number of nitrogens with one attached hydrogen (secondary N) is 1. The molecule has 2 rings (SSSR count). The van der Waals surface area contributed by atoms with Gasteiger partial charge in [0.2, 0.25) is 0 Å². The standard InChI is InChI=1S/C17H27N3O/c1-7-18-16(17-12(4)13(5)21-14(17)6)10-15-9-11(3)19-20(15)8-2/h9,16,18H,7-8,10H2,1-6H3. The van der Waals surface area contributed by atoms with Crippen LogP contribution in [-0.2, 0) is 13.0 Å². The van der Waals surface area contributed by atoms with E-state index in [-0.39, 0.29) is 6.04 Å². The van der Waals surface area contributed by atoms with Gasteiger partial charge >= 0.3 is 0 Å². The smallest absolute Gasteiger partial charge is 0.106 e. The summed E-state index contributed by atoms with van der Waals surface area (Å²) in [5.74, 6) is 2.04. The summed E-state index contributed by atoms with van der Waals surface area (Å²) >= 11 is 0. The van der Waals surface area contributed by atoms with Gasteiger partial charge < -0.3 is 9.73 Å². The Labute approximate surface area is 127 Å². The van der Waals surface area contributed by atoms with Gasteiger partial charge in [0.25, 0.3) is 0 Å². The zero-order chi connectivity index (χ0) is 15.6. The molecule has 2 heterocycles. The van der Waals surface area contributed by atoms with Crippen LogP contribution in [0.3, 0.4) is 0 Å². The number of furan rings is 1. The van der Waals surface area contributed by atoms with Crippen molar-refractivity contribution in [1.82, 2.24) is 15.1 Å². The zero-order valence-corrected chi connectivity index (χ0v) is 14.1. The molecule has 0 aliphatic rings. The van der Waals surface area contributed by atoms with Crippen molar-refractivity contribution in [3.8, 4) is 0 Å². The molecule has 0 spiro atoms. The van der Waals surface area contributed by atoms with Crippen LogP contribution >= 0.6 is 0 Å². The largest absolute Gasteiger partial charge is 0.466 e. The van der Waals surface area contributed by atoms with Crippen molar-refractivity contribution in [3.05, 3.63) is 40.1 Å². The molecule has 1 unspecified atom stereocenters. The minimum atomic E-state index is 0.272. The first kappa shape index (κ1) is 15.8. The number of aromatic nitrogens is 2. The monoisotopic (exact) mass is 289 g/mol. The van der Waals surface area contributed by atoms with Gasteiger partial charge in [-0.15, -0.1) is 0 Å². The Hall–Kier alpha value is -1.55. The molecule has 2 aromatic rings. The Morgan fingerprint density at radius 3 is 2.43 bits per heavy atom. The molecule has 21 heavy (non-hydrogen) atoms. The Kier molecular flexibility index (Phi) is 4.88. The number of nitrogens with zero attached hydrogens (tertiary/aromatic N) is 2. The number of likely N-dealkylation sites (N-methyl/N-ethyl adjacent to an activating group) is 1. The summed E-state index contributed by atoms with van der Waals surface area (Å²) in [5, 5.41) is 8.15. The minimum Gasteiger partial charge on any atom is -0.466 e. The first-order valence-electron chi connectivity index (χ1n) is 7.81. The molecule has 0 radical (unpaired) electrons. The van der Waals surface area contributed by atoms with Gasteiger partial charge in [-0.25, -0.2) is 0 Å². The normalized spacial score (nSPS) is 12.9. The van der Waals surface area contributed by atoms with Crippen LogP contribution in [-0.4, -0.2) is 16.3 Å². The first-order chi connectivity index (χ1) is 9.97. The fraction of sp³-hybridized carbons (Fsp3) is 0.588. The molecule has 1 atom stereocenters. The lowest BCUT2D eigenvalue weighted by Gasteiger charge is -2.19. The summed E-state index contributed by atoms with van der Waals surface area (Å²) in [5.41, 5.74) is 4.92. The number of rotatable bonds is 6. The van der Waals surface area contributed by atoms with Gasteiger partial charge in [0, 0.05) is 30.3 Å². The van der Waals surface area contributed by atoms with Crippen LogP contribution in [0.4, 0.5) is 0 Å².